The lowest BCUT2D eigenvalue weighted by atomic mass is 9.86. The fraction of sp³-hybridized carbons (Fsp3) is 0.632. The van der Waals surface area contributed by atoms with E-state index in [0.717, 1.165) is 50.1 Å². The third-order valence-corrected chi connectivity index (χ3v) is 6.94. The van der Waals surface area contributed by atoms with E-state index in [0.29, 0.717) is 0 Å². The van der Waals surface area contributed by atoms with E-state index in [1.165, 1.54) is 6.42 Å². The van der Waals surface area contributed by atoms with Gasteiger partial charge in [0.1, 0.15) is 0 Å². The zero-order chi connectivity index (χ0) is 17.7. The van der Waals surface area contributed by atoms with Crippen LogP contribution in [-0.4, -0.2) is 46.9 Å². The van der Waals surface area contributed by atoms with Crippen LogP contribution in [0.3, 0.4) is 0 Å². The summed E-state index contributed by atoms with van der Waals surface area (Å²) < 4.78 is 0. The highest BCUT2D eigenvalue weighted by atomic mass is 32.2. The molecule has 2 fully saturated rings. The Kier molecular flexibility index (Phi) is 6.39. The SMILES string of the molecule is NC(=O)C1(C(CCNC2CCCCC2O)c2ccccc2)NCCS1. The molecular formula is C19H29N3O2S. The van der Waals surface area contributed by atoms with Gasteiger partial charge in [0.15, 0.2) is 4.87 Å². The number of nitrogens with two attached hydrogens (primary N) is 1. The molecule has 1 aliphatic carbocycles. The van der Waals surface area contributed by atoms with E-state index in [4.69, 9.17) is 5.73 Å². The minimum atomic E-state index is -0.742. The molecule has 1 aromatic rings. The number of nitrogens with one attached hydrogen (secondary N) is 2. The van der Waals surface area contributed by atoms with Gasteiger partial charge in [-0.3, -0.25) is 10.1 Å². The molecule has 0 bridgehead atoms. The van der Waals surface area contributed by atoms with Gasteiger partial charge < -0.3 is 16.2 Å². The standard InChI is InChI=1S/C19H29N3O2S/c20-18(24)19(22-12-13-25-19)15(14-6-2-1-3-7-14)10-11-21-16-8-4-5-9-17(16)23/h1-3,6-7,15-17,21-23H,4-5,8-13H2,(H2,20,24). The molecule has 6 heteroatoms. The van der Waals surface area contributed by atoms with Crippen LogP contribution in [-0.2, 0) is 4.79 Å². The van der Waals surface area contributed by atoms with Gasteiger partial charge in [-0.05, 0) is 31.4 Å². The van der Waals surface area contributed by atoms with Crippen molar-refractivity contribution < 1.29 is 9.90 Å². The summed E-state index contributed by atoms with van der Waals surface area (Å²) in [6.45, 7) is 1.56. The third-order valence-electron chi connectivity index (χ3n) is 5.45. The molecule has 138 valence electrons. The molecule has 4 atom stereocenters. The normalized spacial score (nSPS) is 30.9. The van der Waals surface area contributed by atoms with Crippen molar-refractivity contribution in [3.63, 3.8) is 0 Å². The Morgan fingerprint density at radius 1 is 1.36 bits per heavy atom. The summed E-state index contributed by atoms with van der Waals surface area (Å²) in [6, 6.07) is 10.3. The average molecular weight is 364 g/mol. The van der Waals surface area contributed by atoms with Gasteiger partial charge in [-0.2, -0.15) is 0 Å². The third kappa shape index (κ3) is 4.19. The molecule has 5 N–H and O–H groups in total. The summed E-state index contributed by atoms with van der Waals surface area (Å²) in [4.78, 5) is 11.6. The number of hydrogen-bond donors (Lipinski definition) is 4. The van der Waals surface area contributed by atoms with Gasteiger partial charge in [0, 0.05) is 24.3 Å². The Balaban J connectivity index is 1.72. The second-order valence-electron chi connectivity index (χ2n) is 7.04. The van der Waals surface area contributed by atoms with Crippen molar-refractivity contribution >= 4 is 17.7 Å². The van der Waals surface area contributed by atoms with Crippen LogP contribution in [0.4, 0.5) is 0 Å². The van der Waals surface area contributed by atoms with Crippen LogP contribution in [0.2, 0.25) is 0 Å². The number of amides is 1. The number of aliphatic hydroxyl groups is 1. The van der Waals surface area contributed by atoms with Crippen molar-refractivity contribution in [1.29, 1.82) is 0 Å². The molecule has 25 heavy (non-hydrogen) atoms. The second-order valence-corrected chi connectivity index (χ2v) is 8.38. The van der Waals surface area contributed by atoms with Gasteiger partial charge in [0.05, 0.1) is 6.10 Å². The highest BCUT2D eigenvalue weighted by Crippen LogP contribution is 2.42. The van der Waals surface area contributed by atoms with Gasteiger partial charge in [-0.25, -0.2) is 0 Å². The van der Waals surface area contributed by atoms with Gasteiger partial charge in [0.2, 0.25) is 5.91 Å². The molecule has 3 rings (SSSR count). The number of carbonyl (C=O) groups excluding carboxylic acids is 1. The average Bonchev–Trinajstić information content (AvgIpc) is 3.12. The summed E-state index contributed by atoms with van der Waals surface area (Å²) in [7, 11) is 0. The van der Waals surface area contributed by atoms with Gasteiger partial charge >= 0.3 is 0 Å². The zero-order valence-corrected chi connectivity index (χ0v) is 15.4. The second kappa shape index (κ2) is 8.54. The van der Waals surface area contributed by atoms with Crippen molar-refractivity contribution in [2.24, 2.45) is 5.73 Å². The molecule has 1 aliphatic heterocycles. The summed E-state index contributed by atoms with van der Waals surface area (Å²) in [6.07, 6.45) is 4.72. The lowest BCUT2D eigenvalue weighted by Gasteiger charge is -2.35. The molecule has 1 heterocycles. The van der Waals surface area contributed by atoms with E-state index in [1.54, 1.807) is 11.8 Å². The fourth-order valence-electron chi connectivity index (χ4n) is 4.11. The van der Waals surface area contributed by atoms with Crippen molar-refractivity contribution in [1.82, 2.24) is 10.6 Å². The quantitative estimate of drug-likeness (QED) is 0.591. The topological polar surface area (TPSA) is 87.4 Å². The first-order valence-electron chi connectivity index (χ1n) is 9.29. The van der Waals surface area contributed by atoms with Gasteiger partial charge in [0.25, 0.3) is 0 Å². The molecule has 1 aromatic carbocycles. The van der Waals surface area contributed by atoms with Crippen LogP contribution in [0, 0.1) is 0 Å². The fourth-order valence-corrected chi connectivity index (χ4v) is 5.43. The number of carbonyl (C=O) groups is 1. The molecule has 1 saturated carbocycles. The lowest BCUT2D eigenvalue weighted by molar-refractivity contribution is -0.121. The molecule has 1 amide bonds. The van der Waals surface area contributed by atoms with E-state index >= 15 is 0 Å². The van der Waals surface area contributed by atoms with Crippen molar-refractivity contribution in [3.8, 4) is 0 Å². The first-order chi connectivity index (χ1) is 12.1. The van der Waals surface area contributed by atoms with Crippen LogP contribution in [0.5, 0.6) is 0 Å². The van der Waals surface area contributed by atoms with E-state index in [2.05, 4.69) is 22.8 Å². The highest BCUT2D eigenvalue weighted by Gasteiger charge is 2.47. The van der Waals surface area contributed by atoms with E-state index in [9.17, 15) is 9.90 Å². The van der Waals surface area contributed by atoms with Crippen LogP contribution in [0.25, 0.3) is 0 Å². The molecule has 0 aromatic heterocycles. The largest absolute Gasteiger partial charge is 0.392 e. The van der Waals surface area contributed by atoms with Crippen molar-refractivity contribution in [2.45, 2.75) is 55.0 Å². The van der Waals surface area contributed by atoms with Crippen LogP contribution >= 0.6 is 11.8 Å². The smallest absolute Gasteiger partial charge is 0.248 e. The zero-order valence-electron chi connectivity index (χ0n) is 14.6. The predicted molar refractivity (Wildman–Crippen MR) is 102 cm³/mol. The maximum Gasteiger partial charge on any atom is 0.248 e. The molecular weight excluding hydrogens is 334 g/mol. The summed E-state index contributed by atoms with van der Waals surface area (Å²) >= 11 is 1.62. The molecule has 1 saturated heterocycles. The Morgan fingerprint density at radius 3 is 2.76 bits per heavy atom. The molecule has 2 aliphatic rings. The number of primary amides is 1. The first-order valence-corrected chi connectivity index (χ1v) is 10.3. The van der Waals surface area contributed by atoms with Crippen LogP contribution < -0.4 is 16.4 Å². The van der Waals surface area contributed by atoms with E-state index in [1.807, 2.05) is 18.2 Å². The molecule has 0 radical (unpaired) electrons. The molecule has 5 nitrogen and oxygen atoms in total. The number of aliphatic hydroxyl groups excluding tert-OH is 1. The Morgan fingerprint density at radius 2 is 2.12 bits per heavy atom. The highest BCUT2D eigenvalue weighted by molar-refractivity contribution is 8.01. The molecule has 4 unspecified atom stereocenters. The maximum atomic E-state index is 12.3. The van der Waals surface area contributed by atoms with Crippen molar-refractivity contribution in [3.05, 3.63) is 35.9 Å². The summed E-state index contributed by atoms with van der Waals surface area (Å²) in [5, 5.41) is 17.0. The van der Waals surface area contributed by atoms with Crippen LogP contribution in [0.1, 0.15) is 43.6 Å². The maximum absolute atomic E-state index is 12.3. The van der Waals surface area contributed by atoms with Gasteiger partial charge in [-0.15, -0.1) is 11.8 Å². The first kappa shape index (κ1) is 18.7. The predicted octanol–water partition coefficient (Wildman–Crippen LogP) is 1.57. The molecule has 0 spiro atoms. The summed E-state index contributed by atoms with van der Waals surface area (Å²) in [5.74, 6) is 0.606. The Hall–Kier alpha value is -1.08. The van der Waals surface area contributed by atoms with Crippen LogP contribution in [0.15, 0.2) is 30.3 Å². The monoisotopic (exact) mass is 363 g/mol. The summed E-state index contributed by atoms with van der Waals surface area (Å²) in [5.41, 5.74) is 6.96. The van der Waals surface area contributed by atoms with Gasteiger partial charge in [-0.1, -0.05) is 43.2 Å². The lowest BCUT2D eigenvalue weighted by Crippen LogP contribution is -2.54. The van der Waals surface area contributed by atoms with Crippen molar-refractivity contribution in [2.75, 3.05) is 18.8 Å². The minimum absolute atomic E-state index is 0.00642. The minimum Gasteiger partial charge on any atom is -0.392 e. The Bertz CT molecular complexity index is 563. The van der Waals surface area contributed by atoms with E-state index in [-0.39, 0.29) is 24.0 Å². The number of benzene rings is 1. The van der Waals surface area contributed by atoms with E-state index < -0.39 is 4.87 Å². The number of hydrogen-bond acceptors (Lipinski definition) is 5. The number of thioether (sulfide) groups is 1. The Labute approximate surface area is 154 Å². The number of rotatable bonds is 7.